The van der Waals surface area contributed by atoms with E-state index in [1.165, 1.54) is 6.33 Å². The molecule has 0 aliphatic heterocycles. The number of aryl methyl sites for hydroxylation is 1. The normalized spacial score (nSPS) is 10.5. The maximum Gasteiger partial charge on any atom is 0.224 e. The maximum atomic E-state index is 12.0. The zero-order valence-corrected chi connectivity index (χ0v) is 13.1. The SMILES string of the molecule is O=C(CCc1ccccc1Cl)Nc1ccc(-n2cncn2)cc1. The van der Waals surface area contributed by atoms with E-state index in [0.717, 1.165) is 16.9 Å². The van der Waals surface area contributed by atoms with Crippen LogP contribution in [0, 0.1) is 0 Å². The molecule has 1 amide bonds. The predicted molar refractivity (Wildman–Crippen MR) is 89.8 cm³/mol. The van der Waals surface area contributed by atoms with Gasteiger partial charge in [0.05, 0.1) is 5.69 Å². The van der Waals surface area contributed by atoms with Gasteiger partial charge in [0.15, 0.2) is 0 Å². The number of nitrogens with zero attached hydrogens (tertiary/aromatic N) is 3. The number of anilines is 1. The first kappa shape index (κ1) is 15.2. The fourth-order valence-electron chi connectivity index (χ4n) is 2.21. The second-order valence-electron chi connectivity index (χ2n) is 5.03. The number of halogens is 1. The van der Waals surface area contributed by atoms with Crippen molar-refractivity contribution in [1.82, 2.24) is 14.8 Å². The van der Waals surface area contributed by atoms with Gasteiger partial charge >= 0.3 is 0 Å². The monoisotopic (exact) mass is 326 g/mol. The third-order valence-electron chi connectivity index (χ3n) is 3.41. The minimum atomic E-state index is -0.0431. The lowest BCUT2D eigenvalue weighted by molar-refractivity contribution is -0.116. The van der Waals surface area contributed by atoms with Crippen molar-refractivity contribution in [2.75, 3.05) is 5.32 Å². The molecule has 0 bridgehead atoms. The van der Waals surface area contributed by atoms with E-state index in [0.29, 0.717) is 17.9 Å². The second kappa shape index (κ2) is 7.07. The van der Waals surface area contributed by atoms with Crippen LogP contribution >= 0.6 is 11.6 Å². The Bertz CT molecular complexity index is 785. The molecule has 23 heavy (non-hydrogen) atoms. The zero-order chi connectivity index (χ0) is 16.1. The minimum absolute atomic E-state index is 0.0431. The van der Waals surface area contributed by atoms with Crippen molar-refractivity contribution < 1.29 is 4.79 Å². The van der Waals surface area contributed by atoms with E-state index in [-0.39, 0.29) is 5.91 Å². The van der Waals surface area contributed by atoms with Crippen LogP contribution in [0.1, 0.15) is 12.0 Å². The topological polar surface area (TPSA) is 59.8 Å². The smallest absolute Gasteiger partial charge is 0.224 e. The van der Waals surface area contributed by atoms with Gasteiger partial charge in [-0.2, -0.15) is 5.10 Å². The molecule has 6 heteroatoms. The average Bonchev–Trinajstić information content (AvgIpc) is 3.09. The van der Waals surface area contributed by atoms with Crippen molar-refractivity contribution >= 4 is 23.2 Å². The highest BCUT2D eigenvalue weighted by atomic mass is 35.5. The highest BCUT2D eigenvalue weighted by molar-refractivity contribution is 6.31. The van der Waals surface area contributed by atoms with Crippen molar-refractivity contribution in [2.45, 2.75) is 12.8 Å². The maximum absolute atomic E-state index is 12.0. The molecule has 0 radical (unpaired) electrons. The lowest BCUT2D eigenvalue weighted by Gasteiger charge is -2.07. The van der Waals surface area contributed by atoms with E-state index in [9.17, 15) is 4.79 Å². The molecule has 2 aromatic carbocycles. The average molecular weight is 327 g/mol. The Morgan fingerprint density at radius 3 is 2.61 bits per heavy atom. The van der Waals surface area contributed by atoms with Crippen molar-refractivity contribution in [3.63, 3.8) is 0 Å². The lowest BCUT2D eigenvalue weighted by Crippen LogP contribution is -2.12. The molecule has 3 aromatic rings. The van der Waals surface area contributed by atoms with Gasteiger partial charge in [-0.3, -0.25) is 4.79 Å². The number of nitrogens with one attached hydrogen (secondary N) is 1. The molecule has 0 atom stereocenters. The van der Waals surface area contributed by atoms with Gasteiger partial charge in [-0.05, 0) is 42.3 Å². The van der Waals surface area contributed by atoms with Gasteiger partial charge in [-0.1, -0.05) is 29.8 Å². The van der Waals surface area contributed by atoms with Gasteiger partial charge in [0.1, 0.15) is 12.7 Å². The summed E-state index contributed by atoms with van der Waals surface area (Å²) in [4.78, 5) is 15.9. The van der Waals surface area contributed by atoms with Crippen molar-refractivity contribution in [3.05, 3.63) is 71.8 Å². The molecule has 5 nitrogen and oxygen atoms in total. The van der Waals surface area contributed by atoms with Crippen LogP contribution in [0.15, 0.2) is 61.2 Å². The second-order valence-corrected chi connectivity index (χ2v) is 5.43. The molecule has 0 aliphatic carbocycles. The van der Waals surface area contributed by atoms with E-state index in [4.69, 9.17) is 11.6 Å². The van der Waals surface area contributed by atoms with E-state index in [1.807, 2.05) is 48.5 Å². The van der Waals surface area contributed by atoms with Crippen LogP contribution in [-0.2, 0) is 11.2 Å². The van der Waals surface area contributed by atoms with Gasteiger partial charge in [-0.15, -0.1) is 0 Å². The summed E-state index contributed by atoms with van der Waals surface area (Å²) in [5.74, 6) is -0.0431. The Labute approximate surface area is 138 Å². The summed E-state index contributed by atoms with van der Waals surface area (Å²) in [5.41, 5.74) is 2.61. The Morgan fingerprint density at radius 1 is 1.13 bits per heavy atom. The van der Waals surface area contributed by atoms with E-state index >= 15 is 0 Å². The lowest BCUT2D eigenvalue weighted by atomic mass is 10.1. The first-order chi connectivity index (χ1) is 11.2. The highest BCUT2D eigenvalue weighted by Crippen LogP contribution is 2.17. The molecule has 0 aliphatic rings. The summed E-state index contributed by atoms with van der Waals surface area (Å²) in [7, 11) is 0. The number of benzene rings is 2. The van der Waals surface area contributed by atoms with Gasteiger partial charge in [0, 0.05) is 17.1 Å². The van der Waals surface area contributed by atoms with Gasteiger partial charge in [0.2, 0.25) is 5.91 Å². The number of carbonyl (C=O) groups excluding carboxylic acids is 1. The highest BCUT2D eigenvalue weighted by Gasteiger charge is 2.06. The van der Waals surface area contributed by atoms with Crippen LogP contribution in [-0.4, -0.2) is 20.7 Å². The summed E-state index contributed by atoms with van der Waals surface area (Å²) in [6.07, 6.45) is 4.10. The fraction of sp³-hybridized carbons (Fsp3) is 0.118. The van der Waals surface area contributed by atoms with Crippen molar-refractivity contribution in [3.8, 4) is 5.69 Å². The van der Waals surface area contributed by atoms with Gasteiger partial charge in [0.25, 0.3) is 0 Å². The molecule has 1 aromatic heterocycles. The molecule has 0 unspecified atom stereocenters. The molecular formula is C17H15ClN4O. The summed E-state index contributed by atoms with van der Waals surface area (Å²) < 4.78 is 1.66. The van der Waals surface area contributed by atoms with Crippen molar-refractivity contribution in [2.24, 2.45) is 0 Å². The third-order valence-corrected chi connectivity index (χ3v) is 3.78. The van der Waals surface area contributed by atoms with Crippen molar-refractivity contribution in [1.29, 1.82) is 0 Å². The van der Waals surface area contributed by atoms with Crippen LogP contribution in [0.25, 0.3) is 5.69 Å². The van der Waals surface area contributed by atoms with Gasteiger partial charge < -0.3 is 5.32 Å². The molecule has 0 saturated carbocycles. The molecule has 0 fully saturated rings. The Kier molecular flexibility index (Phi) is 4.68. The van der Waals surface area contributed by atoms with Crippen LogP contribution in [0.5, 0.6) is 0 Å². The number of hydrogen-bond donors (Lipinski definition) is 1. The van der Waals surface area contributed by atoms with E-state index in [1.54, 1.807) is 11.0 Å². The Morgan fingerprint density at radius 2 is 1.91 bits per heavy atom. The van der Waals surface area contributed by atoms with Gasteiger partial charge in [-0.25, -0.2) is 9.67 Å². The quantitative estimate of drug-likeness (QED) is 0.780. The number of carbonyl (C=O) groups is 1. The molecule has 1 heterocycles. The van der Waals surface area contributed by atoms with Crippen LogP contribution in [0.2, 0.25) is 5.02 Å². The Balaban J connectivity index is 1.57. The van der Waals surface area contributed by atoms with E-state index < -0.39 is 0 Å². The molecule has 1 N–H and O–H groups in total. The molecular weight excluding hydrogens is 312 g/mol. The Hall–Kier alpha value is -2.66. The first-order valence-electron chi connectivity index (χ1n) is 7.21. The molecule has 0 spiro atoms. The summed E-state index contributed by atoms with van der Waals surface area (Å²) in [5, 5.41) is 7.62. The van der Waals surface area contributed by atoms with Crippen LogP contribution in [0.4, 0.5) is 5.69 Å². The largest absolute Gasteiger partial charge is 0.326 e. The molecule has 3 rings (SSSR count). The summed E-state index contributed by atoms with van der Waals surface area (Å²) >= 11 is 6.09. The number of hydrogen-bond acceptors (Lipinski definition) is 3. The van der Waals surface area contributed by atoms with Crippen LogP contribution < -0.4 is 5.32 Å². The molecule has 0 saturated heterocycles. The molecule has 116 valence electrons. The number of amides is 1. The summed E-state index contributed by atoms with van der Waals surface area (Å²) in [6.45, 7) is 0. The fourth-order valence-corrected chi connectivity index (χ4v) is 2.44. The number of rotatable bonds is 5. The predicted octanol–water partition coefficient (Wildman–Crippen LogP) is 3.49. The number of aromatic nitrogens is 3. The zero-order valence-electron chi connectivity index (χ0n) is 12.3. The standard InChI is InChI=1S/C17H15ClN4O/c18-16-4-2-1-3-13(16)5-10-17(23)21-14-6-8-15(9-7-14)22-12-19-11-20-22/h1-4,6-9,11-12H,5,10H2,(H,21,23). The van der Waals surface area contributed by atoms with Crippen LogP contribution in [0.3, 0.4) is 0 Å². The van der Waals surface area contributed by atoms with E-state index in [2.05, 4.69) is 15.4 Å². The first-order valence-corrected chi connectivity index (χ1v) is 7.58. The summed E-state index contributed by atoms with van der Waals surface area (Å²) in [6, 6.07) is 15.0. The minimum Gasteiger partial charge on any atom is -0.326 e. The third kappa shape index (κ3) is 3.96.